The number of ether oxygens (including phenoxy) is 5. The monoisotopic (exact) mass is 883 g/mol. The Morgan fingerprint density at radius 3 is 1.98 bits per heavy atom. The fourth-order valence-corrected chi connectivity index (χ4v) is 13.8. The summed E-state index contributed by atoms with van der Waals surface area (Å²) in [6, 6.07) is 3.56. The van der Waals surface area contributed by atoms with Crippen molar-refractivity contribution in [1.82, 2.24) is 0 Å². The maximum absolute atomic E-state index is 12.9. The lowest BCUT2D eigenvalue weighted by atomic mass is 9.82. The van der Waals surface area contributed by atoms with Crippen LogP contribution in [-0.2, 0) is 41.8 Å². The van der Waals surface area contributed by atoms with Crippen LogP contribution < -0.4 is 0 Å². The molecule has 3 aliphatic rings. The van der Waals surface area contributed by atoms with Crippen LogP contribution in [0.5, 0.6) is 0 Å². The van der Waals surface area contributed by atoms with Gasteiger partial charge in [0.15, 0.2) is 25.0 Å². The second-order valence-corrected chi connectivity index (χ2v) is 35.6. The highest BCUT2D eigenvalue weighted by atomic mass is 28.4. The molecule has 0 aromatic carbocycles. The van der Waals surface area contributed by atoms with Gasteiger partial charge in [0, 0.05) is 32.5 Å². The largest absolute Gasteiger partial charge is 0.469 e. The Labute approximate surface area is 365 Å². The number of carbonyl (C=O) groups is 1. The predicted molar refractivity (Wildman–Crippen MR) is 250 cm³/mol. The predicted octanol–water partition coefficient (Wildman–Crippen LogP) is 11.8. The van der Waals surface area contributed by atoms with Crippen LogP contribution in [0.15, 0.2) is 24.3 Å². The van der Waals surface area contributed by atoms with Gasteiger partial charge < -0.3 is 37.0 Å². The molecule has 0 saturated carbocycles. The molecule has 3 rings (SSSR count). The molecule has 0 N–H and O–H groups in total. The molecular formula is C47H90O9Si3. The molecule has 0 spiro atoms. The number of carbonyl (C=O) groups excluding carboxylic acids is 1. The molecule has 4 unspecified atom stereocenters. The lowest BCUT2D eigenvalue weighted by molar-refractivity contribution is -0.143. The zero-order valence-electron chi connectivity index (χ0n) is 40.8. The van der Waals surface area contributed by atoms with Crippen LogP contribution in [0.4, 0.5) is 0 Å². The summed E-state index contributed by atoms with van der Waals surface area (Å²) in [6.45, 7) is 42.2. The van der Waals surface area contributed by atoms with Gasteiger partial charge in [-0.05, 0) is 110 Å². The van der Waals surface area contributed by atoms with E-state index in [1.165, 1.54) is 30.8 Å². The first-order valence-corrected chi connectivity index (χ1v) is 31.6. The molecule has 0 aromatic heterocycles. The van der Waals surface area contributed by atoms with Gasteiger partial charge in [-0.3, -0.25) is 4.79 Å². The van der Waals surface area contributed by atoms with E-state index in [1.807, 2.05) is 0 Å². The summed E-state index contributed by atoms with van der Waals surface area (Å²) in [5.74, 6) is -0.174. The fraction of sp³-hybridized carbons (Fsp3) is 0.894. The van der Waals surface area contributed by atoms with Gasteiger partial charge in [-0.15, -0.1) is 0 Å². The Hall–Kier alpha value is -0.679. The molecule has 3 aliphatic heterocycles. The minimum absolute atomic E-state index is 0.0293. The highest BCUT2D eigenvalue weighted by Crippen LogP contribution is 2.44. The molecule has 0 radical (unpaired) electrons. The SMILES string of the molecule is C=C1CC(CCCO[Si](CC)(CC)CC)O[C@H]1CC[C@H]1C[C@@H](C)C(=C)[C@@H](CC2OC(C[C@@H](CO[Si](C)(C)C(C)(C)C)O[Si](C)(C)C(C)(C)C)[C@H](OC)C2CC(=O)OC)O1. The van der Waals surface area contributed by atoms with Crippen molar-refractivity contribution >= 4 is 30.9 Å². The van der Waals surface area contributed by atoms with E-state index in [9.17, 15) is 4.79 Å². The molecule has 0 aliphatic carbocycles. The Balaban J connectivity index is 1.71. The third-order valence-corrected chi connectivity index (χ3v) is 29.0. The Bertz CT molecular complexity index is 1330. The van der Waals surface area contributed by atoms with E-state index in [0.29, 0.717) is 25.4 Å². The number of esters is 1. The molecule has 3 fully saturated rings. The Morgan fingerprint density at radius 2 is 1.42 bits per heavy atom. The van der Waals surface area contributed by atoms with Gasteiger partial charge in [0.25, 0.3) is 0 Å². The molecule has 9 nitrogen and oxygen atoms in total. The van der Waals surface area contributed by atoms with Crippen molar-refractivity contribution in [2.75, 3.05) is 27.4 Å². The Kier molecular flexibility index (Phi) is 19.9. The highest BCUT2D eigenvalue weighted by Gasteiger charge is 2.50. The maximum Gasteiger partial charge on any atom is 0.305 e. The quantitative estimate of drug-likeness (QED) is 0.0431. The topological polar surface area (TPSA) is 90.9 Å². The van der Waals surface area contributed by atoms with Crippen LogP contribution >= 0.6 is 0 Å². The van der Waals surface area contributed by atoms with Crippen LogP contribution in [0.3, 0.4) is 0 Å². The summed E-state index contributed by atoms with van der Waals surface area (Å²) < 4.78 is 52.4. The summed E-state index contributed by atoms with van der Waals surface area (Å²) in [6.07, 6.45) is 6.18. The van der Waals surface area contributed by atoms with Crippen LogP contribution in [0, 0.1) is 11.8 Å². The van der Waals surface area contributed by atoms with E-state index in [0.717, 1.165) is 50.7 Å². The minimum Gasteiger partial charge on any atom is -0.469 e. The second-order valence-electron chi connectivity index (χ2n) is 21.3. The summed E-state index contributed by atoms with van der Waals surface area (Å²) in [5.41, 5.74) is 2.29. The van der Waals surface area contributed by atoms with Crippen molar-refractivity contribution in [1.29, 1.82) is 0 Å². The smallest absolute Gasteiger partial charge is 0.305 e. The van der Waals surface area contributed by atoms with E-state index in [2.05, 4.69) is 109 Å². The van der Waals surface area contributed by atoms with Crippen molar-refractivity contribution in [2.24, 2.45) is 11.8 Å². The molecule has 0 amide bonds. The first kappa shape index (κ1) is 52.7. The molecule has 344 valence electrons. The average Bonchev–Trinajstić information content (AvgIpc) is 3.67. The van der Waals surface area contributed by atoms with E-state index >= 15 is 0 Å². The van der Waals surface area contributed by atoms with E-state index in [4.69, 9.17) is 37.0 Å². The molecule has 59 heavy (non-hydrogen) atoms. The summed E-state index contributed by atoms with van der Waals surface area (Å²) >= 11 is 0. The number of hydrogen-bond acceptors (Lipinski definition) is 9. The van der Waals surface area contributed by atoms with Gasteiger partial charge >= 0.3 is 5.97 Å². The van der Waals surface area contributed by atoms with Gasteiger partial charge in [-0.2, -0.15) is 0 Å². The molecule has 0 bridgehead atoms. The lowest BCUT2D eigenvalue weighted by Gasteiger charge is -2.42. The summed E-state index contributed by atoms with van der Waals surface area (Å²) in [4.78, 5) is 12.9. The number of methoxy groups -OCH3 is 2. The summed E-state index contributed by atoms with van der Waals surface area (Å²) in [7, 11) is -2.61. The van der Waals surface area contributed by atoms with Crippen molar-refractivity contribution < 1.29 is 41.8 Å². The third-order valence-electron chi connectivity index (χ3n) is 15.2. The van der Waals surface area contributed by atoms with Gasteiger partial charge in [-0.25, -0.2) is 0 Å². The maximum atomic E-state index is 12.9. The average molecular weight is 883 g/mol. The van der Waals surface area contributed by atoms with Gasteiger partial charge in [-0.1, -0.05) is 82.4 Å². The third kappa shape index (κ3) is 14.4. The van der Waals surface area contributed by atoms with Crippen molar-refractivity contribution in [2.45, 2.75) is 230 Å². The number of hydrogen-bond donors (Lipinski definition) is 0. The highest BCUT2D eigenvalue weighted by molar-refractivity contribution is 6.75. The van der Waals surface area contributed by atoms with Crippen LogP contribution in [0.2, 0.25) is 54.4 Å². The molecule has 10 atom stereocenters. The fourth-order valence-electron chi connectivity index (χ4n) is 8.76. The molecular weight excluding hydrogens is 793 g/mol. The van der Waals surface area contributed by atoms with Crippen molar-refractivity contribution in [3.63, 3.8) is 0 Å². The lowest BCUT2D eigenvalue weighted by Crippen LogP contribution is -2.49. The van der Waals surface area contributed by atoms with Gasteiger partial charge in [0.05, 0.1) is 69.0 Å². The first-order valence-electron chi connectivity index (χ1n) is 23.2. The van der Waals surface area contributed by atoms with E-state index in [1.54, 1.807) is 7.11 Å². The van der Waals surface area contributed by atoms with Crippen molar-refractivity contribution in [3.8, 4) is 0 Å². The van der Waals surface area contributed by atoms with Gasteiger partial charge in [0.2, 0.25) is 0 Å². The van der Waals surface area contributed by atoms with Gasteiger partial charge in [0.1, 0.15) is 0 Å². The molecule has 3 heterocycles. The number of rotatable bonds is 23. The zero-order valence-corrected chi connectivity index (χ0v) is 43.8. The second kappa shape index (κ2) is 22.3. The summed E-state index contributed by atoms with van der Waals surface area (Å²) in [5, 5.41) is 0.102. The van der Waals surface area contributed by atoms with Crippen LogP contribution in [0.1, 0.15) is 127 Å². The molecule has 0 aromatic rings. The molecule has 12 heteroatoms. The van der Waals surface area contributed by atoms with Crippen molar-refractivity contribution in [3.05, 3.63) is 24.3 Å². The zero-order chi connectivity index (χ0) is 44.6. The van der Waals surface area contributed by atoms with Crippen LogP contribution in [-0.4, -0.2) is 107 Å². The first-order chi connectivity index (χ1) is 27.4. The van der Waals surface area contributed by atoms with E-state index < -0.39 is 25.0 Å². The van der Waals surface area contributed by atoms with Crippen LogP contribution in [0.25, 0.3) is 0 Å². The molecule has 3 saturated heterocycles. The van der Waals surface area contributed by atoms with E-state index in [-0.39, 0.29) is 77.2 Å². The standard InChI is InChI=1S/C47H90O9Si3/c1-19-59(20-2,21-3)51-26-22-23-36-28-34(5)40(53-36)25-24-37-27-33(4)35(6)41(54-37)31-42-39(30-44(48)49-13)45(50-14)43(55-42)29-38(56-58(17,18)47(10,11)12)32-52-57(15,16)46(7,8)9/h33,36-43,45H,5-6,19-32H2,1-4,7-18H3/t33-,36?,37+,38+,39?,40+,41-,42?,43?,45-/m1/s1. The normalized spacial score (nSPS) is 29.3. The minimum atomic E-state index is -2.17. The Morgan fingerprint density at radius 1 is 0.814 bits per heavy atom.